The van der Waals surface area contributed by atoms with Gasteiger partial charge in [-0.15, -0.1) is 0 Å². The van der Waals surface area contributed by atoms with Crippen molar-refractivity contribution in [3.8, 4) is 0 Å². The summed E-state index contributed by atoms with van der Waals surface area (Å²) in [5.41, 5.74) is 0.989. The van der Waals surface area contributed by atoms with E-state index in [4.69, 9.17) is 0 Å². The third kappa shape index (κ3) is 3.07. The number of hydrogen-bond acceptors (Lipinski definition) is 0. The van der Waals surface area contributed by atoms with E-state index in [9.17, 15) is 4.39 Å². The highest BCUT2D eigenvalue weighted by molar-refractivity contribution is 9.13. The van der Waals surface area contributed by atoms with Crippen LogP contribution in [0.1, 0.15) is 5.56 Å². The Kier molecular flexibility index (Phi) is 3.95. The molecular weight excluding hydrogens is 287 g/mol. The molecule has 0 aliphatic rings. The normalized spacial score (nSPS) is 11.8. The van der Waals surface area contributed by atoms with Gasteiger partial charge < -0.3 is 0 Å². The first-order valence-electron chi connectivity index (χ1n) is 3.40. The van der Waals surface area contributed by atoms with Gasteiger partial charge in [-0.25, -0.2) is 4.39 Å². The van der Waals surface area contributed by atoms with Gasteiger partial charge in [0.25, 0.3) is 0 Å². The molecule has 3 heteroatoms. The zero-order valence-electron chi connectivity index (χ0n) is 6.23. The lowest BCUT2D eigenvalue weighted by molar-refractivity contribution is 0.628. The Hall–Kier alpha value is -0.150. The van der Waals surface area contributed by atoms with Crippen LogP contribution in [-0.4, -0.2) is 5.33 Å². The van der Waals surface area contributed by atoms with E-state index in [1.165, 1.54) is 12.1 Å². The summed E-state index contributed by atoms with van der Waals surface area (Å²) in [6.45, 7) is 0. The number of allylic oxidation sites excluding steroid dienone is 1. The van der Waals surface area contributed by atoms with Gasteiger partial charge in [-0.3, -0.25) is 0 Å². The van der Waals surface area contributed by atoms with E-state index >= 15 is 0 Å². The second-order valence-electron chi connectivity index (χ2n) is 2.28. The Bertz CT molecular complexity index is 277. The lowest BCUT2D eigenvalue weighted by Gasteiger charge is -1.94. The molecule has 0 nitrogen and oxygen atoms in total. The van der Waals surface area contributed by atoms with Gasteiger partial charge >= 0.3 is 0 Å². The molecule has 0 spiro atoms. The average molecular weight is 294 g/mol. The molecule has 0 atom stereocenters. The van der Waals surface area contributed by atoms with Gasteiger partial charge in [0.1, 0.15) is 5.82 Å². The number of alkyl halides is 1. The van der Waals surface area contributed by atoms with Crippen LogP contribution >= 0.6 is 31.9 Å². The van der Waals surface area contributed by atoms with Crippen LogP contribution in [0.15, 0.2) is 28.7 Å². The number of hydrogen-bond donors (Lipinski definition) is 0. The van der Waals surface area contributed by atoms with Crippen LogP contribution in [0.2, 0.25) is 0 Å². The summed E-state index contributed by atoms with van der Waals surface area (Å²) >= 11 is 6.65. The Morgan fingerprint density at radius 2 is 1.92 bits per heavy atom. The Balaban J connectivity index is 2.84. The van der Waals surface area contributed by atoms with Gasteiger partial charge in [0.15, 0.2) is 0 Å². The summed E-state index contributed by atoms with van der Waals surface area (Å²) in [5, 5.41) is 0.768. The summed E-state index contributed by atoms with van der Waals surface area (Å²) in [6.07, 6.45) is 1.94. The van der Waals surface area contributed by atoms with E-state index in [1.54, 1.807) is 12.1 Å². The summed E-state index contributed by atoms with van der Waals surface area (Å²) in [7, 11) is 0. The van der Waals surface area contributed by atoms with Crippen LogP contribution in [0, 0.1) is 5.82 Å². The highest BCUT2D eigenvalue weighted by atomic mass is 79.9. The van der Waals surface area contributed by atoms with Crippen LogP contribution < -0.4 is 0 Å². The van der Waals surface area contributed by atoms with Crippen molar-refractivity contribution in [3.05, 3.63) is 40.1 Å². The maximum atomic E-state index is 12.5. The first kappa shape index (κ1) is 9.93. The molecular formula is C9H7Br2F. The zero-order chi connectivity index (χ0) is 8.97. The van der Waals surface area contributed by atoms with E-state index in [0.29, 0.717) is 0 Å². The second kappa shape index (κ2) is 4.77. The molecule has 0 fully saturated rings. The molecule has 0 heterocycles. The van der Waals surface area contributed by atoms with Crippen LogP contribution in [0.4, 0.5) is 4.39 Å². The highest BCUT2D eigenvalue weighted by Gasteiger charge is 1.91. The average Bonchev–Trinajstić information content (AvgIpc) is 2.09. The molecule has 0 aliphatic carbocycles. The molecule has 0 radical (unpaired) electrons. The van der Waals surface area contributed by atoms with E-state index in [2.05, 4.69) is 31.9 Å². The predicted molar refractivity (Wildman–Crippen MR) is 57.1 cm³/mol. The summed E-state index contributed by atoms with van der Waals surface area (Å²) in [6, 6.07) is 6.36. The summed E-state index contributed by atoms with van der Waals surface area (Å²) in [5.74, 6) is -0.206. The number of rotatable bonds is 2. The topological polar surface area (TPSA) is 0 Å². The van der Waals surface area contributed by atoms with Crippen LogP contribution in [0.25, 0.3) is 6.08 Å². The lowest BCUT2D eigenvalue weighted by atomic mass is 10.2. The Labute approximate surface area is 87.7 Å². The van der Waals surface area contributed by atoms with Crippen molar-refractivity contribution >= 4 is 37.9 Å². The maximum absolute atomic E-state index is 12.5. The first-order chi connectivity index (χ1) is 5.72. The third-order valence-electron chi connectivity index (χ3n) is 1.32. The van der Waals surface area contributed by atoms with Crippen molar-refractivity contribution in [2.24, 2.45) is 0 Å². The Morgan fingerprint density at radius 3 is 2.42 bits per heavy atom. The molecule has 0 amide bonds. The van der Waals surface area contributed by atoms with Crippen LogP contribution in [0.3, 0.4) is 0 Å². The van der Waals surface area contributed by atoms with E-state index in [1.807, 2.05) is 6.08 Å². The first-order valence-corrected chi connectivity index (χ1v) is 5.31. The van der Waals surface area contributed by atoms with Gasteiger partial charge in [0.2, 0.25) is 0 Å². The predicted octanol–water partition coefficient (Wildman–Crippen LogP) is 3.96. The van der Waals surface area contributed by atoms with Gasteiger partial charge in [-0.05, 0) is 23.8 Å². The minimum Gasteiger partial charge on any atom is -0.207 e. The van der Waals surface area contributed by atoms with Crippen LogP contribution in [-0.2, 0) is 0 Å². The molecule has 0 aromatic heterocycles. The second-order valence-corrected chi connectivity index (χ2v) is 3.86. The monoisotopic (exact) mass is 292 g/mol. The quantitative estimate of drug-likeness (QED) is 0.724. The minimum absolute atomic E-state index is 0.206. The highest BCUT2D eigenvalue weighted by Crippen LogP contribution is 2.14. The van der Waals surface area contributed by atoms with Crippen molar-refractivity contribution in [2.75, 3.05) is 5.33 Å². The van der Waals surface area contributed by atoms with Gasteiger partial charge in [-0.2, -0.15) is 0 Å². The molecule has 0 unspecified atom stereocenters. The molecule has 12 heavy (non-hydrogen) atoms. The molecule has 0 bridgehead atoms. The van der Waals surface area contributed by atoms with Crippen LogP contribution in [0.5, 0.6) is 0 Å². The molecule has 1 aromatic carbocycles. The van der Waals surface area contributed by atoms with Crippen molar-refractivity contribution in [1.82, 2.24) is 0 Å². The zero-order valence-corrected chi connectivity index (χ0v) is 9.40. The van der Waals surface area contributed by atoms with Crippen molar-refractivity contribution in [3.63, 3.8) is 0 Å². The van der Waals surface area contributed by atoms with Crippen molar-refractivity contribution in [1.29, 1.82) is 0 Å². The van der Waals surface area contributed by atoms with Gasteiger partial charge in [-0.1, -0.05) is 44.0 Å². The number of benzene rings is 1. The van der Waals surface area contributed by atoms with Gasteiger partial charge in [0.05, 0.1) is 0 Å². The molecule has 1 aromatic rings. The molecule has 0 aliphatic heterocycles. The summed E-state index contributed by atoms with van der Waals surface area (Å²) < 4.78 is 13.5. The Morgan fingerprint density at radius 1 is 1.33 bits per heavy atom. The fourth-order valence-corrected chi connectivity index (χ4v) is 1.20. The molecule has 1 rings (SSSR count). The molecule has 0 saturated heterocycles. The van der Waals surface area contributed by atoms with Gasteiger partial charge in [0, 0.05) is 9.81 Å². The van der Waals surface area contributed by atoms with Crippen molar-refractivity contribution < 1.29 is 4.39 Å². The molecule has 0 saturated carbocycles. The standard InChI is InChI=1S/C9H7Br2F/c10-6-8(11)5-7-1-3-9(12)4-2-7/h1-5H,6H2/b8-5+. The number of halogens is 3. The SMILES string of the molecule is Fc1ccc(/C=C(/Br)CBr)cc1. The minimum atomic E-state index is -0.206. The maximum Gasteiger partial charge on any atom is 0.123 e. The third-order valence-corrected chi connectivity index (χ3v) is 3.19. The largest absolute Gasteiger partial charge is 0.207 e. The van der Waals surface area contributed by atoms with Crippen molar-refractivity contribution in [2.45, 2.75) is 0 Å². The van der Waals surface area contributed by atoms with E-state index < -0.39 is 0 Å². The lowest BCUT2D eigenvalue weighted by Crippen LogP contribution is -1.76. The molecule has 0 N–H and O–H groups in total. The molecule has 64 valence electrons. The van der Waals surface area contributed by atoms with E-state index in [-0.39, 0.29) is 5.82 Å². The fourth-order valence-electron chi connectivity index (χ4n) is 0.778. The fraction of sp³-hybridized carbons (Fsp3) is 0.111. The summed E-state index contributed by atoms with van der Waals surface area (Å²) in [4.78, 5) is 0. The smallest absolute Gasteiger partial charge is 0.123 e. The van der Waals surface area contributed by atoms with E-state index in [0.717, 1.165) is 15.4 Å².